The van der Waals surface area contributed by atoms with Gasteiger partial charge in [0.2, 0.25) is 0 Å². The summed E-state index contributed by atoms with van der Waals surface area (Å²) in [5.41, 5.74) is 0.874. The van der Waals surface area contributed by atoms with Gasteiger partial charge in [-0.05, 0) is 6.92 Å². The van der Waals surface area contributed by atoms with Crippen molar-refractivity contribution in [3.63, 3.8) is 0 Å². The number of hydrogen-bond acceptors (Lipinski definition) is 3. The monoisotopic (exact) mass is 162 g/mol. The fourth-order valence-electron chi connectivity index (χ4n) is 1.15. The molecule has 0 aliphatic rings. The zero-order valence-corrected chi connectivity index (χ0v) is 6.86. The summed E-state index contributed by atoms with van der Waals surface area (Å²) < 4.78 is 1.94. The number of rotatable bonds is 2. The van der Waals surface area contributed by atoms with Gasteiger partial charge in [0.1, 0.15) is 0 Å². The molecule has 2 aromatic heterocycles. The van der Waals surface area contributed by atoms with Crippen molar-refractivity contribution >= 4 is 11.5 Å². The van der Waals surface area contributed by atoms with Gasteiger partial charge in [-0.25, -0.2) is 9.97 Å². The van der Waals surface area contributed by atoms with Crippen molar-refractivity contribution in [2.24, 2.45) is 0 Å². The topological polar surface area (TPSA) is 42.2 Å². The quantitative estimate of drug-likeness (QED) is 0.720. The first-order chi connectivity index (χ1) is 5.92. The molecule has 2 rings (SSSR count). The van der Waals surface area contributed by atoms with Crippen molar-refractivity contribution in [1.82, 2.24) is 14.4 Å². The van der Waals surface area contributed by atoms with Gasteiger partial charge in [0.25, 0.3) is 0 Å². The third-order valence-corrected chi connectivity index (χ3v) is 1.66. The van der Waals surface area contributed by atoms with Crippen LogP contribution in [0.15, 0.2) is 24.8 Å². The summed E-state index contributed by atoms with van der Waals surface area (Å²) in [5, 5.41) is 3.14. The Morgan fingerprint density at radius 3 is 2.83 bits per heavy atom. The summed E-state index contributed by atoms with van der Waals surface area (Å²) in [7, 11) is 0. The van der Waals surface area contributed by atoms with Crippen LogP contribution in [0.4, 0.5) is 5.82 Å². The number of aromatic nitrogens is 3. The van der Waals surface area contributed by atoms with E-state index < -0.39 is 0 Å². The molecule has 0 aliphatic carbocycles. The third-order valence-electron chi connectivity index (χ3n) is 1.66. The highest BCUT2D eigenvalue weighted by molar-refractivity contribution is 5.61. The molecule has 62 valence electrons. The van der Waals surface area contributed by atoms with Crippen LogP contribution in [-0.4, -0.2) is 20.9 Å². The summed E-state index contributed by atoms with van der Waals surface area (Å²) in [6.07, 6.45) is 7.30. The summed E-state index contributed by atoms with van der Waals surface area (Å²) in [4.78, 5) is 8.35. The molecule has 12 heavy (non-hydrogen) atoms. The van der Waals surface area contributed by atoms with E-state index in [9.17, 15) is 0 Å². The Morgan fingerprint density at radius 2 is 2.08 bits per heavy atom. The molecule has 0 bridgehead atoms. The number of nitrogens with zero attached hydrogens (tertiary/aromatic N) is 3. The highest BCUT2D eigenvalue weighted by Gasteiger charge is 2.00. The molecule has 0 atom stereocenters. The predicted molar refractivity (Wildman–Crippen MR) is 47.2 cm³/mol. The Hall–Kier alpha value is -1.58. The molecule has 0 fully saturated rings. The van der Waals surface area contributed by atoms with Crippen molar-refractivity contribution in [2.45, 2.75) is 6.92 Å². The molecule has 0 aliphatic heterocycles. The second-order valence-corrected chi connectivity index (χ2v) is 2.46. The average molecular weight is 162 g/mol. The van der Waals surface area contributed by atoms with Gasteiger partial charge in [0, 0.05) is 31.3 Å². The molecule has 0 amide bonds. The van der Waals surface area contributed by atoms with Crippen molar-refractivity contribution in [2.75, 3.05) is 11.9 Å². The smallest absolute Gasteiger partial charge is 0.180 e. The zero-order chi connectivity index (χ0) is 8.39. The van der Waals surface area contributed by atoms with Gasteiger partial charge in [-0.15, -0.1) is 0 Å². The fourth-order valence-corrected chi connectivity index (χ4v) is 1.15. The predicted octanol–water partition coefficient (Wildman–Crippen LogP) is 1.16. The Kier molecular flexibility index (Phi) is 1.66. The lowest BCUT2D eigenvalue weighted by Gasteiger charge is -2.02. The van der Waals surface area contributed by atoms with Crippen molar-refractivity contribution < 1.29 is 0 Å². The number of hydrogen-bond donors (Lipinski definition) is 1. The van der Waals surface area contributed by atoms with Gasteiger partial charge >= 0.3 is 0 Å². The summed E-state index contributed by atoms with van der Waals surface area (Å²) in [6, 6.07) is 0. The van der Waals surface area contributed by atoms with Gasteiger partial charge in [-0.1, -0.05) is 0 Å². The van der Waals surface area contributed by atoms with E-state index in [1.807, 2.05) is 23.7 Å². The van der Waals surface area contributed by atoms with E-state index in [0.29, 0.717) is 0 Å². The maximum Gasteiger partial charge on any atom is 0.180 e. The molecule has 0 saturated carbocycles. The minimum atomic E-state index is 0.838. The second kappa shape index (κ2) is 2.81. The van der Waals surface area contributed by atoms with E-state index in [1.54, 1.807) is 12.4 Å². The number of nitrogens with one attached hydrogen (secondary N) is 1. The van der Waals surface area contributed by atoms with Crippen LogP contribution in [0.3, 0.4) is 0 Å². The van der Waals surface area contributed by atoms with E-state index in [0.717, 1.165) is 18.0 Å². The highest BCUT2D eigenvalue weighted by atomic mass is 15.1. The number of anilines is 1. The van der Waals surface area contributed by atoms with Crippen LogP contribution in [0, 0.1) is 0 Å². The minimum absolute atomic E-state index is 0.838. The van der Waals surface area contributed by atoms with Crippen LogP contribution in [0.1, 0.15) is 6.92 Å². The molecule has 4 heteroatoms. The highest BCUT2D eigenvalue weighted by Crippen LogP contribution is 2.09. The minimum Gasteiger partial charge on any atom is -0.367 e. The SMILES string of the molecule is CCNc1nccn2ccnc12. The lowest BCUT2D eigenvalue weighted by Crippen LogP contribution is -2.01. The lowest BCUT2D eigenvalue weighted by molar-refractivity contribution is 1.09. The first-order valence-electron chi connectivity index (χ1n) is 3.93. The largest absolute Gasteiger partial charge is 0.367 e. The van der Waals surface area contributed by atoms with E-state index in [1.165, 1.54) is 0 Å². The van der Waals surface area contributed by atoms with Crippen LogP contribution < -0.4 is 5.32 Å². The van der Waals surface area contributed by atoms with E-state index in [2.05, 4.69) is 15.3 Å². The zero-order valence-electron chi connectivity index (χ0n) is 6.86. The van der Waals surface area contributed by atoms with Crippen LogP contribution in [0.25, 0.3) is 5.65 Å². The van der Waals surface area contributed by atoms with E-state index in [-0.39, 0.29) is 0 Å². The molecule has 4 nitrogen and oxygen atoms in total. The molecular formula is C8H10N4. The Balaban J connectivity index is 2.57. The Bertz CT molecular complexity index is 379. The molecule has 0 saturated heterocycles. The maximum absolute atomic E-state index is 4.18. The standard InChI is InChI=1S/C8H10N4/c1-2-9-7-8-11-4-6-12(8)5-3-10-7/h3-6H,2H2,1H3,(H,9,10). The Labute approximate surface area is 70.3 Å². The summed E-state index contributed by atoms with van der Waals surface area (Å²) >= 11 is 0. The first kappa shape index (κ1) is 7.09. The van der Waals surface area contributed by atoms with Gasteiger partial charge in [-0.3, -0.25) is 0 Å². The van der Waals surface area contributed by atoms with Crippen LogP contribution >= 0.6 is 0 Å². The second-order valence-electron chi connectivity index (χ2n) is 2.46. The molecular weight excluding hydrogens is 152 g/mol. The molecule has 0 unspecified atom stereocenters. The van der Waals surface area contributed by atoms with Crippen LogP contribution in [-0.2, 0) is 0 Å². The summed E-state index contributed by atoms with van der Waals surface area (Å²) in [6.45, 7) is 2.90. The van der Waals surface area contributed by atoms with Crippen LogP contribution in [0.5, 0.6) is 0 Å². The van der Waals surface area contributed by atoms with Gasteiger partial charge < -0.3 is 9.72 Å². The molecule has 2 aromatic rings. The number of imidazole rings is 1. The van der Waals surface area contributed by atoms with Gasteiger partial charge in [0.05, 0.1) is 0 Å². The van der Waals surface area contributed by atoms with Crippen molar-refractivity contribution in [1.29, 1.82) is 0 Å². The maximum atomic E-state index is 4.18. The normalized spacial score (nSPS) is 10.4. The van der Waals surface area contributed by atoms with E-state index in [4.69, 9.17) is 0 Å². The first-order valence-corrected chi connectivity index (χ1v) is 3.93. The van der Waals surface area contributed by atoms with Gasteiger partial charge in [0.15, 0.2) is 11.5 Å². The summed E-state index contributed by atoms with van der Waals surface area (Å²) in [5.74, 6) is 0.838. The fraction of sp³-hybridized carbons (Fsp3) is 0.250. The van der Waals surface area contributed by atoms with Crippen molar-refractivity contribution in [3.05, 3.63) is 24.8 Å². The van der Waals surface area contributed by atoms with Crippen LogP contribution in [0.2, 0.25) is 0 Å². The van der Waals surface area contributed by atoms with Gasteiger partial charge in [-0.2, -0.15) is 0 Å². The molecule has 0 spiro atoms. The third kappa shape index (κ3) is 1.01. The Morgan fingerprint density at radius 1 is 1.33 bits per heavy atom. The average Bonchev–Trinajstić information content (AvgIpc) is 2.53. The molecule has 0 radical (unpaired) electrons. The lowest BCUT2D eigenvalue weighted by atomic mass is 10.6. The van der Waals surface area contributed by atoms with Crippen molar-refractivity contribution in [3.8, 4) is 0 Å². The molecule has 2 heterocycles. The number of fused-ring (bicyclic) bond motifs is 1. The molecule has 1 N–H and O–H groups in total. The van der Waals surface area contributed by atoms with E-state index >= 15 is 0 Å². The molecule has 0 aromatic carbocycles.